The third-order valence-corrected chi connectivity index (χ3v) is 4.83. The molecule has 0 aromatic heterocycles. The van der Waals surface area contributed by atoms with Gasteiger partial charge in [-0.05, 0) is 34.4 Å². The van der Waals surface area contributed by atoms with Gasteiger partial charge in [-0.15, -0.1) is 6.58 Å². The van der Waals surface area contributed by atoms with Crippen molar-refractivity contribution < 1.29 is 41.9 Å². The van der Waals surface area contributed by atoms with Gasteiger partial charge >= 0.3 is 19.9 Å². The molecule has 0 fully saturated rings. The van der Waals surface area contributed by atoms with Crippen LogP contribution in [-0.4, -0.2) is 76.1 Å². The summed E-state index contributed by atoms with van der Waals surface area (Å²) in [4.78, 5) is 26.4. The lowest BCUT2D eigenvalue weighted by atomic mass is 10.2. The molecule has 3 atom stereocenters. The molecule has 0 bridgehead atoms. The molecule has 1 unspecified atom stereocenters. The van der Waals surface area contributed by atoms with Crippen molar-refractivity contribution >= 4 is 26.6 Å². The maximum atomic E-state index is 12.8. The first-order chi connectivity index (χ1) is 14.9. The minimum Gasteiger partial charge on any atom is -0.463 e. The third-order valence-electron chi connectivity index (χ3n) is 3.40. The summed E-state index contributed by atoms with van der Waals surface area (Å²) in [5.41, 5.74) is -0.635. The van der Waals surface area contributed by atoms with Crippen molar-refractivity contribution in [2.24, 2.45) is 4.99 Å². The first-order valence-electron chi connectivity index (χ1n) is 10.2. The Hall–Kier alpha value is -1.78. The van der Waals surface area contributed by atoms with Crippen molar-refractivity contribution in [3.63, 3.8) is 0 Å². The molecule has 0 spiro atoms. The zero-order chi connectivity index (χ0) is 24.6. The number of rotatable bonds is 17. The van der Waals surface area contributed by atoms with Crippen LogP contribution in [0.4, 0.5) is 4.79 Å². The van der Waals surface area contributed by atoms with Crippen LogP contribution in [0.25, 0.3) is 0 Å². The summed E-state index contributed by atoms with van der Waals surface area (Å²) in [6.45, 7) is 15.5. The van der Waals surface area contributed by atoms with E-state index >= 15 is 0 Å². The molecule has 0 saturated carbocycles. The fourth-order valence-corrected chi connectivity index (χ4v) is 3.20. The minimum atomic E-state index is -3.94. The van der Waals surface area contributed by atoms with Crippen LogP contribution in [0.2, 0.25) is 0 Å². The Morgan fingerprint density at radius 3 is 2.41 bits per heavy atom. The highest BCUT2D eigenvalue weighted by Crippen LogP contribution is 2.49. The molecule has 0 aromatic rings. The summed E-state index contributed by atoms with van der Waals surface area (Å²) in [5, 5.41) is 2.48. The van der Waals surface area contributed by atoms with E-state index < -0.39 is 25.6 Å². The zero-order valence-electron chi connectivity index (χ0n) is 19.7. The van der Waals surface area contributed by atoms with Gasteiger partial charge in [-0.25, -0.2) is 9.36 Å². The van der Waals surface area contributed by atoms with Crippen LogP contribution >= 0.6 is 7.82 Å². The summed E-state index contributed by atoms with van der Waals surface area (Å²) in [7, 11) is -3.94. The van der Waals surface area contributed by atoms with E-state index in [4.69, 9.17) is 27.8 Å². The molecule has 0 heterocycles. The average molecular weight is 480 g/mol. The van der Waals surface area contributed by atoms with Crippen molar-refractivity contribution in [2.75, 3.05) is 39.6 Å². The van der Waals surface area contributed by atoms with E-state index in [0.29, 0.717) is 13.0 Å². The Kier molecular flexibility index (Phi) is 15.0. The molecule has 0 aromatic carbocycles. The van der Waals surface area contributed by atoms with Crippen LogP contribution in [0.3, 0.4) is 0 Å². The Balaban J connectivity index is 4.45. The Labute approximate surface area is 190 Å². The van der Waals surface area contributed by atoms with Crippen molar-refractivity contribution in [1.29, 1.82) is 0 Å². The number of hydrogen-bond acceptors (Lipinski definition) is 10. The molecule has 186 valence electrons. The van der Waals surface area contributed by atoms with E-state index in [2.05, 4.69) is 23.6 Å². The SMILES string of the molecule is C=CCOP(=O)(OCCNC(=O)OC(C)(C)C)OC[C@@H](COCC[C@@H](C)OC(C)=O)N=C. The number of nitrogens with one attached hydrogen (secondary N) is 1. The molecule has 0 aliphatic carbocycles. The van der Waals surface area contributed by atoms with E-state index in [9.17, 15) is 14.2 Å². The first kappa shape index (κ1) is 30.2. The van der Waals surface area contributed by atoms with E-state index in [-0.39, 0.29) is 45.0 Å². The van der Waals surface area contributed by atoms with Crippen molar-refractivity contribution in [3.8, 4) is 0 Å². The predicted molar refractivity (Wildman–Crippen MR) is 120 cm³/mol. The van der Waals surface area contributed by atoms with E-state index in [1.54, 1.807) is 27.7 Å². The highest BCUT2D eigenvalue weighted by molar-refractivity contribution is 7.48. The van der Waals surface area contributed by atoms with Crippen LogP contribution in [0, 0.1) is 0 Å². The molecule has 0 aliphatic heterocycles. The van der Waals surface area contributed by atoms with Crippen molar-refractivity contribution in [2.45, 2.75) is 58.8 Å². The lowest BCUT2D eigenvalue weighted by Gasteiger charge is -2.21. The second-order valence-corrected chi connectivity index (χ2v) is 9.38. The van der Waals surface area contributed by atoms with Crippen LogP contribution in [0.15, 0.2) is 17.6 Å². The van der Waals surface area contributed by atoms with Gasteiger partial charge in [0.15, 0.2) is 0 Å². The zero-order valence-corrected chi connectivity index (χ0v) is 20.6. The molecular formula is C20H37N2O9P. The highest BCUT2D eigenvalue weighted by Gasteiger charge is 2.28. The second-order valence-electron chi connectivity index (χ2n) is 7.71. The molecule has 1 N–H and O–H groups in total. The van der Waals surface area contributed by atoms with Gasteiger partial charge in [0, 0.05) is 19.9 Å². The summed E-state index contributed by atoms with van der Waals surface area (Å²) >= 11 is 0. The lowest BCUT2D eigenvalue weighted by molar-refractivity contribution is -0.146. The summed E-state index contributed by atoms with van der Waals surface area (Å²) < 4.78 is 44.1. The fraction of sp³-hybridized carbons (Fsp3) is 0.750. The van der Waals surface area contributed by atoms with Crippen LogP contribution in [0.5, 0.6) is 0 Å². The predicted octanol–water partition coefficient (Wildman–Crippen LogP) is 3.28. The van der Waals surface area contributed by atoms with Gasteiger partial charge in [0.1, 0.15) is 11.7 Å². The molecule has 0 saturated heterocycles. The van der Waals surface area contributed by atoms with Gasteiger partial charge in [-0.2, -0.15) is 0 Å². The van der Waals surface area contributed by atoms with Gasteiger partial charge < -0.3 is 19.5 Å². The van der Waals surface area contributed by atoms with Crippen LogP contribution < -0.4 is 5.32 Å². The van der Waals surface area contributed by atoms with Gasteiger partial charge in [0.2, 0.25) is 0 Å². The number of alkyl carbamates (subject to hydrolysis) is 1. The van der Waals surface area contributed by atoms with Crippen LogP contribution in [-0.2, 0) is 37.1 Å². The maximum absolute atomic E-state index is 12.8. The Morgan fingerprint density at radius 2 is 1.84 bits per heavy atom. The number of carbonyl (C=O) groups excluding carboxylic acids is 2. The molecule has 12 heteroatoms. The molecule has 32 heavy (non-hydrogen) atoms. The molecular weight excluding hydrogens is 443 g/mol. The lowest BCUT2D eigenvalue weighted by Crippen LogP contribution is -2.34. The quantitative estimate of drug-likeness (QED) is 0.110. The van der Waals surface area contributed by atoms with E-state index in [1.807, 2.05) is 0 Å². The van der Waals surface area contributed by atoms with E-state index in [0.717, 1.165) is 0 Å². The number of phosphoric ester groups is 1. The van der Waals surface area contributed by atoms with E-state index in [1.165, 1.54) is 13.0 Å². The van der Waals surface area contributed by atoms with Gasteiger partial charge in [0.25, 0.3) is 0 Å². The average Bonchev–Trinajstić information content (AvgIpc) is 2.67. The van der Waals surface area contributed by atoms with Crippen LogP contribution in [0.1, 0.15) is 41.0 Å². The Morgan fingerprint density at radius 1 is 1.16 bits per heavy atom. The number of phosphoric acid groups is 1. The number of esters is 1. The summed E-state index contributed by atoms with van der Waals surface area (Å²) in [6.07, 6.45) is 1.02. The van der Waals surface area contributed by atoms with Crippen molar-refractivity contribution in [1.82, 2.24) is 5.32 Å². The monoisotopic (exact) mass is 480 g/mol. The van der Waals surface area contributed by atoms with Gasteiger partial charge in [-0.3, -0.25) is 23.4 Å². The molecule has 0 radical (unpaired) electrons. The van der Waals surface area contributed by atoms with Gasteiger partial charge in [0.05, 0.1) is 39.1 Å². The van der Waals surface area contributed by atoms with Crippen molar-refractivity contribution in [3.05, 3.63) is 12.7 Å². The number of carbonyl (C=O) groups is 2. The highest BCUT2D eigenvalue weighted by atomic mass is 31.2. The third kappa shape index (κ3) is 16.9. The summed E-state index contributed by atoms with van der Waals surface area (Å²) in [5.74, 6) is -0.354. The molecule has 0 rings (SSSR count). The number of nitrogens with zero attached hydrogens (tertiary/aromatic N) is 1. The number of amides is 1. The Bertz CT molecular complexity index is 637. The largest absolute Gasteiger partial charge is 0.475 e. The first-order valence-corrected chi connectivity index (χ1v) is 11.7. The smallest absolute Gasteiger partial charge is 0.463 e. The number of ether oxygens (including phenoxy) is 3. The molecule has 11 nitrogen and oxygen atoms in total. The molecule has 1 amide bonds. The summed E-state index contributed by atoms with van der Waals surface area (Å²) in [6, 6.07) is -0.525. The topological polar surface area (TPSA) is 131 Å². The molecule has 0 aliphatic rings. The maximum Gasteiger partial charge on any atom is 0.475 e. The van der Waals surface area contributed by atoms with Gasteiger partial charge in [-0.1, -0.05) is 6.08 Å². The normalized spacial score (nSPS) is 15.2. The number of aliphatic imine (C=N–C) groups is 1. The number of hydrogen-bond donors (Lipinski definition) is 1. The fourth-order valence-electron chi connectivity index (χ4n) is 2.02. The minimum absolute atomic E-state index is 0.0342. The standard InChI is InChI=1S/C20H37N2O9P/c1-8-11-27-32(25,28-13-10-22-19(24)31-20(4,5)6)29-15-18(21-7)14-26-12-9-16(2)30-17(3)23/h8,16,18H,1,7,9-15H2,2-6H3,(H,22,24)/t16-,18-,32?/m1/s1. The second kappa shape index (κ2) is 15.9.